The zero-order valence-corrected chi connectivity index (χ0v) is 19.1. The number of halogens is 1. The van der Waals surface area contributed by atoms with Crippen molar-refractivity contribution in [2.45, 2.75) is 6.54 Å². The van der Waals surface area contributed by atoms with Gasteiger partial charge in [0, 0.05) is 11.1 Å². The van der Waals surface area contributed by atoms with E-state index >= 15 is 0 Å². The maximum Gasteiger partial charge on any atom is 0.337 e. The van der Waals surface area contributed by atoms with E-state index in [1.807, 2.05) is 60.7 Å². The molecule has 35 heavy (non-hydrogen) atoms. The molecule has 5 rings (SSSR count). The van der Waals surface area contributed by atoms with Gasteiger partial charge in [-0.15, -0.1) is 0 Å². The quantitative estimate of drug-likeness (QED) is 0.265. The van der Waals surface area contributed by atoms with Crippen molar-refractivity contribution in [2.24, 2.45) is 0 Å². The second kappa shape index (κ2) is 9.39. The van der Waals surface area contributed by atoms with Crippen LogP contribution in [0.25, 0.3) is 11.1 Å². The molecule has 0 N–H and O–H groups in total. The molecule has 0 atom stereocenters. The first-order valence-corrected chi connectivity index (χ1v) is 11.2. The Hall–Kier alpha value is -4.51. The van der Waals surface area contributed by atoms with Crippen molar-refractivity contribution in [3.63, 3.8) is 0 Å². The number of benzene rings is 4. The maximum absolute atomic E-state index is 14.0. The summed E-state index contributed by atoms with van der Waals surface area (Å²) in [5.41, 5.74) is 5.75. The maximum atomic E-state index is 14.0. The minimum atomic E-state index is -0.428. The molecular weight excluding hydrogens is 441 g/mol. The molecule has 1 aliphatic rings. The molecule has 0 unspecified atom stereocenters. The van der Waals surface area contributed by atoms with Gasteiger partial charge in [0.2, 0.25) is 0 Å². The molecule has 4 aromatic carbocycles. The van der Waals surface area contributed by atoms with Gasteiger partial charge in [-0.3, -0.25) is 4.79 Å². The van der Waals surface area contributed by atoms with E-state index < -0.39 is 5.97 Å². The van der Waals surface area contributed by atoms with Crippen LogP contribution in [0.5, 0.6) is 0 Å². The highest BCUT2D eigenvalue weighted by Crippen LogP contribution is 2.43. The minimum Gasteiger partial charge on any atom is -0.465 e. The van der Waals surface area contributed by atoms with Gasteiger partial charge in [-0.2, -0.15) is 0 Å². The van der Waals surface area contributed by atoms with E-state index in [0.29, 0.717) is 11.1 Å². The van der Waals surface area contributed by atoms with Crippen LogP contribution in [0.4, 0.5) is 10.1 Å². The number of amides is 1. The number of rotatable bonds is 5. The Bertz CT molecular complexity index is 1440. The van der Waals surface area contributed by atoms with Crippen molar-refractivity contribution in [1.29, 1.82) is 0 Å². The summed E-state index contributed by atoms with van der Waals surface area (Å²) in [6.45, 7) is 0.287. The van der Waals surface area contributed by atoms with Crippen LogP contribution in [0, 0.1) is 5.82 Å². The normalized spacial score (nSPS) is 14.0. The molecule has 1 amide bonds. The molecule has 4 aromatic rings. The van der Waals surface area contributed by atoms with Gasteiger partial charge in [-0.25, -0.2) is 9.18 Å². The lowest BCUT2D eigenvalue weighted by Crippen LogP contribution is -2.26. The second-order valence-corrected chi connectivity index (χ2v) is 8.22. The Balaban J connectivity index is 1.66. The van der Waals surface area contributed by atoms with Crippen molar-refractivity contribution in [3.8, 4) is 0 Å². The molecule has 0 aliphatic carbocycles. The first-order valence-electron chi connectivity index (χ1n) is 11.2. The van der Waals surface area contributed by atoms with E-state index in [1.165, 1.54) is 19.2 Å². The molecule has 4 nitrogen and oxygen atoms in total. The predicted octanol–water partition coefficient (Wildman–Crippen LogP) is 6.12. The van der Waals surface area contributed by atoms with Crippen molar-refractivity contribution in [3.05, 3.63) is 137 Å². The third kappa shape index (κ3) is 4.24. The number of carbonyl (C=O) groups is 2. The third-order valence-electron chi connectivity index (χ3n) is 6.06. The molecular formula is C30H22FNO3. The Morgan fingerprint density at radius 1 is 0.800 bits per heavy atom. The average molecular weight is 464 g/mol. The number of esters is 1. The summed E-state index contributed by atoms with van der Waals surface area (Å²) >= 11 is 0. The molecule has 0 saturated heterocycles. The van der Waals surface area contributed by atoms with Gasteiger partial charge >= 0.3 is 5.97 Å². The highest BCUT2D eigenvalue weighted by molar-refractivity contribution is 6.38. The number of fused-ring (bicyclic) bond motifs is 1. The van der Waals surface area contributed by atoms with E-state index in [1.54, 1.807) is 35.2 Å². The van der Waals surface area contributed by atoms with Gasteiger partial charge in [0.1, 0.15) is 5.82 Å². The van der Waals surface area contributed by atoms with E-state index in [4.69, 9.17) is 4.74 Å². The van der Waals surface area contributed by atoms with Gasteiger partial charge in [-0.1, -0.05) is 72.8 Å². The van der Waals surface area contributed by atoms with Gasteiger partial charge < -0.3 is 9.64 Å². The summed E-state index contributed by atoms with van der Waals surface area (Å²) in [7, 11) is 1.34. The van der Waals surface area contributed by atoms with Crippen LogP contribution in [0.3, 0.4) is 0 Å². The number of hydrogen-bond acceptors (Lipinski definition) is 3. The first-order chi connectivity index (χ1) is 17.1. The van der Waals surface area contributed by atoms with E-state index in [-0.39, 0.29) is 18.3 Å². The fraction of sp³-hybridized carbons (Fsp3) is 0.0667. The van der Waals surface area contributed by atoms with Crippen LogP contribution in [0.15, 0.2) is 103 Å². The Kier molecular flexibility index (Phi) is 5.98. The molecule has 0 saturated carbocycles. The highest BCUT2D eigenvalue weighted by atomic mass is 19.1. The molecule has 1 heterocycles. The SMILES string of the molecule is COC(=O)c1cccc(CN2C(=O)/C(=C(\c3ccccc3)c3ccc(F)cc3)c3ccccc32)c1. The lowest BCUT2D eigenvalue weighted by atomic mass is 9.90. The smallest absolute Gasteiger partial charge is 0.337 e. The standard InChI is InChI=1S/C30H22FNO3/c1-35-30(34)23-11-7-8-20(18-23)19-32-26-13-6-5-12-25(26)28(29(32)33)27(21-9-3-2-4-10-21)22-14-16-24(31)17-15-22/h2-18H,19H2,1H3/b28-27+. The van der Waals surface area contributed by atoms with Crippen molar-refractivity contribution < 1.29 is 18.7 Å². The third-order valence-corrected chi connectivity index (χ3v) is 6.06. The molecule has 0 fully saturated rings. The average Bonchev–Trinajstić information content (AvgIpc) is 3.17. The number of nitrogens with zero attached hydrogens (tertiary/aromatic N) is 1. The lowest BCUT2D eigenvalue weighted by molar-refractivity contribution is -0.113. The molecule has 0 radical (unpaired) electrons. The summed E-state index contributed by atoms with van der Waals surface area (Å²) in [5.74, 6) is -0.919. The molecule has 1 aliphatic heterocycles. The van der Waals surface area contributed by atoms with Gasteiger partial charge in [0.15, 0.2) is 0 Å². The Labute approximate surface area is 202 Å². The number of anilines is 1. The number of methoxy groups -OCH3 is 1. The summed E-state index contributed by atoms with van der Waals surface area (Å²) < 4.78 is 18.6. The van der Waals surface area contributed by atoms with Gasteiger partial charge in [0.25, 0.3) is 5.91 Å². The number of para-hydroxylation sites is 1. The minimum absolute atomic E-state index is 0.155. The molecule has 0 bridgehead atoms. The van der Waals surface area contributed by atoms with Gasteiger partial charge in [0.05, 0.1) is 30.5 Å². The van der Waals surface area contributed by atoms with Crippen LogP contribution >= 0.6 is 0 Å². The fourth-order valence-electron chi connectivity index (χ4n) is 4.45. The van der Waals surface area contributed by atoms with E-state index in [0.717, 1.165) is 33.5 Å². The lowest BCUT2D eigenvalue weighted by Gasteiger charge is -2.18. The van der Waals surface area contributed by atoms with Crippen LogP contribution in [0.1, 0.15) is 32.6 Å². The van der Waals surface area contributed by atoms with Crippen molar-refractivity contribution in [2.75, 3.05) is 12.0 Å². The zero-order valence-electron chi connectivity index (χ0n) is 19.1. The highest BCUT2D eigenvalue weighted by Gasteiger charge is 2.35. The van der Waals surface area contributed by atoms with Crippen LogP contribution in [-0.2, 0) is 16.1 Å². The molecule has 0 aromatic heterocycles. The fourth-order valence-corrected chi connectivity index (χ4v) is 4.45. The van der Waals surface area contributed by atoms with Crippen molar-refractivity contribution in [1.82, 2.24) is 0 Å². The predicted molar refractivity (Wildman–Crippen MR) is 134 cm³/mol. The molecule has 5 heteroatoms. The van der Waals surface area contributed by atoms with E-state index in [9.17, 15) is 14.0 Å². The molecule has 172 valence electrons. The molecule has 0 spiro atoms. The van der Waals surface area contributed by atoms with Gasteiger partial charge in [-0.05, 0) is 47.0 Å². The van der Waals surface area contributed by atoms with E-state index in [2.05, 4.69) is 0 Å². The summed E-state index contributed by atoms with van der Waals surface area (Å²) in [4.78, 5) is 27.7. The Morgan fingerprint density at radius 2 is 1.46 bits per heavy atom. The summed E-state index contributed by atoms with van der Waals surface area (Å²) in [6.07, 6.45) is 0. The zero-order chi connectivity index (χ0) is 24.4. The monoisotopic (exact) mass is 463 g/mol. The number of ether oxygens (including phenoxy) is 1. The largest absolute Gasteiger partial charge is 0.465 e. The number of hydrogen-bond donors (Lipinski definition) is 0. The van der Waals surface area contributed by atoms with Crippen LogP contribution < -0.4 is 4.90 Å². The Morgan fingerprint density at radius 3 is 2.20 bits per heavy atom. The van der Waals surface area contributed by atoms with Crippen molar-refractivity contribution >= 4 is 28.7 Å². The second-order valence-electron chi connectivity index (χ2n) is 8.22. The first kappa shape index (κ1) is 22.3. The summed E-state index contributed by atoms with van der Waals surface area (Å²) in [6, 6.07) is 30.6. The number of carbonyl (C=O) groups excluding carboxylic acids is 2. The van der Waals surface area contributed by atoms with Crippen LogP contribution in [0.2, 0.25) is 0 Å². The topological polar surface area (TPSA) is 46.6 Å². The van der Waals surface area contributed by atoms with Crippen LogP contribution in [-0.4, -0.2) is 19.0 Å². The summed E-state index contributed by atoms with van der Waals surface area (Å²) in [5, 5.41) is 0.